The molecule has 0 amide bonds. The van der Waals surface area contributed by atoms with Crippen molar-refractivity contribution < 1.29 is 17.5 Å². The standard InChI is InChI=1S/C21H23BrClFN3O3S/c22-18-9-14(10-25-21(18)23)31(28,29)27-11-16-15(17(16)12-27)8-13-2-1-3-19(20(13)24)26-4-6-30-7-5-26/h2-3,9-10,15-17H,1,4-8,11-12H2. The monoisotopic (exact) mass is 530 g/mol. The number of fused-ring (bicyclic) bond motifs is 1. The third-order valence-electron chi connectivity index (χ3n) is 6.74. The van der Waals surface area contributed by atoms with Crippen molar-refractivity contribution in [2.45, 2.75) is 17.7 Å². The molecule has 2 aliphatic heterocycles. The maximum Gasteiger partial charge on any atom is 0.244 e. The number of ether oxygens (including phenoxy) is 1. The molecule has 0 N–H and O–H groups in total. The summed E-state index contributed by atoms with van der Waals surface area (Å²) in [5.41, 5.74) is 1.46. The van der Waals surface area contributed by atoms with Crippen molar-refractivity contribution in [3.8, 4) is 0 Å². The summed E-state index contributed by atoms with van der Waals surface area (Å²) < 4.78 is 48.4. The largest absolute Gasteiger partial charge is 0.378 e. The van der Waals surface area contributed by atoms with Gasteiger partial charge in [-0.25, -0.2) is 17.8 Å². The molecule has 10 heteroatoms. The van der Waals surface area contributed by atoms with Gasteiger partial charge >= 0.3 is 0 Å². The molecule has 31 heavy (non-hydrogen) atoms. The second-order valence-corrected chi connectivity index (χ2v) is 11.6. The lowest BCUT2D eigenvalue weighted by Crippen LogP contribution is -2.36. The van der Waals surface area contributed by atoms with Gasteiger partial charge in [-0.3, -0.25) is 0 Å². The van der Waals surface area contributed by atoms with Gasteiger partial charge in [-0.15, -0.1) is 0 Å². The van der Waals surface area contributed by atoms with Crippen LogP contribution >= 0.6 is 27.5 Å². The summed E-state index contributed by atoms with van der Waals surface area (Å²) in [4.78, 5) is 6.13. The number of aromatic nitrogens is 1. The molecular formula is C21H23BrClFN3O3S. The van der Waals surface area contributed by atoms with Gasteiger partial charge in [0.2, 0.25) is 10.0 Å². The highest BCUT2D eigenvalue weighted by molar-refractivity contribution is 9.10. The van der Waals surface area contributed by atoms with Crippen LogP contribution in [0.15, 0.2) is 44.8 Å². The van der Waals surface area contributed by atoms with E-state index < -0.39 is 10.0 Å². The van der Waals surface area contributed by atoms with E-state index in [9.17, 15) is 8.42 Å². The second-order valence-electron chi connectivity index (χ2n) is 8.43. The van der Waals surface area contributed by atoms with E-state index in [4.69, 9.17) is 16.3 Å². The fraction of sp³-hybridized carbons (Fsp3) is 0.524. The van der Waals surface area contributed by atoms with E-state index >= 15 is 4.39 Å². The van der Waals surface area contributed by atoms with E-state index in [1.807, 2.05) is 12.5 Å². The van der Waals surface area contributed by atoms with Gasteiger partial charge in [0.05, 0.1) is 23.4 Å². The minimum atomic E-state index is -3.61. The highest BCUT2D eigenvalue weighted by atomic mass is 79.9. The molecule has 1 saturated carbocycles. The van der Waals surface area contributed by atoms with Crippen molar-refractivity contribution in [3.05, 3.63) is 51.5 Å². The van der Waals surface area contributed by atoms with Gasteiger partial charge < -0.3 is 9.64 Å². The van der Waals surface area contributed by atoms with Crippen LogP contribution in [0, 0.1) is 24.2 Å². The van der Waals surface area contributed by atoms with Crippen LogP contribution in [-0.4, -0.2) is 62.0 Å². The van der Waals surface area contributed by atoms with Gasteiger partial charge in [-0.1, -0.05) is 17.7 Å². The predicted molar refractivity (Wildman–Crippen MR) is 118 cm³/mol. The van der Waals surface area contributed by atoms with Crippen LogP contribution in [0.4, 0.5) is 4.39 Å². The van der Waals surface area contributed by atoms with Crippen LogP contribution in [0.25, 0.3) is 0 Å². The van der Waals surface area contributed by atoms with Gasteiger partial charge in [0.1, 0.15) is 15.9 Å². The summed E-state index contributed by atoms with van der Waals surface area (Å²) >= 11 is 9.12. The van der Waals surface area contributed by atoms with E-state index in [1.54, 1.807) is 0 Å². The van der Waals surface area contributed by atoms with Crippen molar-refractivity contribution in [2.75, 3.05) is 39.4 Å². The van der Waals surface area contributed by atoms with Crippen molar-refractivity contribution in [2.24, 2.45) is 17.8 Å². The van der Waals surface area contributed by atoms with Gasteiger partial charge in [0.15, 0.2) is 0 Å². The van der Waals surface area contributed by atoms with Crippen LogP contribution in [0.1, 0.15) is 12.8 Å². The first kappa shape index (κ1) is 21.8. The van der Waals surface area contributed by atoms with Crippen molar-refractivity contribution in [1.29, 1.82) is 0 Å². The molecule has 167 valence electrons. The van der Waals surface area contributed by atoms with E-state index in [0.717, 1.165) is 12.0 Å². The molecule has 0 aromatic carbocycles. The predicted octanol–water partition coefficient (Wildman–Crippen LogP) is 3.80. The number of pyridine rings is 1. The highest BCUT2D eigenvalue weighted by Crippen LogP contribution is 2.56. The molecule has 3 fully saturated rings. The quantitative estimate of drug-likeness (QED) is 0.541. The third-order valence-corrected chi connectivity index (χ3v) is 9.67. The first-order valence-corrected chi connectivity index (χ1v) is 13.0. The maximum atomic E-state index is 15.2. The number of morpholine rings is 1. The molecule has 4 aliphatic rings. The summed E-state index contributed by atoms with van der Waals surface area (Å²) in [7, 11) is -3.61. The fourth-order valence-corrected chi connectivity index (χ4v) is 7.05. The van der Waals surface area contributed by atoms with Crippen LogP contribution in [0.3, 0.4) is 0 Å². The van der Waals surface area contributed by atoms with Crippen molar-refractivity contribution in [1.82, 2.24) is 14.2 Å². The first-order valence-electron chi connectivity index (χ1n) is 10.4. The Morgan fingerprint density at radius 1 is 1.26 bits per heavy atom. The minimum absolute atomic E-state index is 0.125. The first-order chi connectivity index (χ1) is 14.9. The second kappa shape index (κ2) is 8.41. The molecule has 6 nitrogen and oxygen atoms in total. The molecule has 2 atom stereocenters. The molecule has 2 aliphatic carbocycles. The number of piperidine rings is 1. The molecule has 5 rings (SSSR count). The zero-order chi connectivity index (χ0) is 21.8. The van der Waals surface area contributed by atoms with Gasteiger partial charge in [-0.2, -0.15) is 4.31 Å². The van der Waals surface area contributed by atoms with E-state index in [0.29, 0.717) is 61.9 Å². The summed E-state index contributed by atoms with van der Waals surface area (Å²) in [6.07, 6.45) is 6.62. The Labute approximate surface area is 195 Å². The normalized spacial score (nSPS) is 29.2. The number of hydrogen-bond donors (Lipinski definition) is 0. The highest BCUT2D eigenvalue weighted by Gasteiger charge is 2.57. The molecule has 2 saturated heterocycles. The SMILES string of the molecule is O=S(=O)(c1cnc(Cl)c(Br)c1)N1CC2C(CC3=C(F)C(N4CCOCC4)=CC[CH]3)C2C1. The Bertz CT molecular complexity index is 1050. The lowest BCUT2D eigenvalue weighted by molar-refractivity contribution is 0.0531. The number of nitrogens with zero attached hydrogens (tertiary/aromatic N) is 3. The van der Waals surface area contributed by atoms with E-state index in [-0.39, 0.29) is 27.7 Å². The van der Waals surface area contributed by atoms with Crippen LogP contribution in [0.5, 0.6) is 0 Å². The Morgan fingerprint density at radius 3 is 2.65 bits per heavy atom. The van der Waals surface area contributed by atoms with E-state index in [1.165, 1.54) is 16.6 Å². The fourth-order valence-electron chi connectivity index (χ4n) is 4.96. The molecule has 0 spiro atoms. The maximum absolute atomic E-state index is 15.2. The van der Waals surface area contributed by atoms with Gasteiger partial charge in [-0.05, 0) is 64.6 Å². The topological polar surface area (TPSA) is 62.7 Å². The lowest BCUT2D eigenvalue weighted by Gasteiger charge is -2.32. The van der Waals surface area contributed by atoms with Crippen LogP contribution in [0.2, 0.25) is 5.15 Å². The number of halogens is 3. The summed E-state index contributed by atoms with van der Waals surface area (Å²) in [6.45, 7) is 3.62. The Morgan fingerprint density at radius 2 is 1.97 bits per heavy atom. The number of hydrogen-bond acceptors (Lipinski definition) is 5. The molecule has 1 aromatic heterocycles. The van der Waals surface area contributed by atoms with Crippen molar-refractivity contribution >= 4 is 37.6 Å². The van der Waals surface area contributed by atoms with E-state index in [2.05, 4.69) is 25.8 Å². The van der Waals surface area contributed by atoms with Crippen LogP contribution in [-0.2, 0) is 14.8 Å². The molecular weight excluding hydrogens is 509 g/mol. The summed E-state index contributed by atoms with van der Waals surface area (Å²) in [6, 6.07) is 1.49. The average Bonchev–Trinajstić information content (AvgIpc) is 3.18. The number of rotatable bonds is 5. The molecule has 0 bridgehead atoms. The lowest BCUT2D eigenvalue weighted by atomic mass is 9.95. The minimum Gasteiger partial charge on any atom is -0.378 e. The summed E-state index contributed by atoms with van der Waals surface area (Å²) in [5, 5.41) is 0.229. The molecule has 3 heterocycles. The molecule has 2 unspecified atom stereocenters. The number of allylic oxidation sites excluding steroid dienone is 3. The summed E-state index contributed by atoms with van der Waals surface area (Å²) in [5.74, 6) is 0.775. The molecule has 1 radical (unpaired) electrons. The Balaban J connectivity index is 1.23. The van der Waals surface area contributed by atoms with Gasteiger partial charge in [0.25, 0.3) is 0 Å². The Hall–Kier alpha value is -1.00. The Kier molecular flexibility index (Phi) is 5.92. The smallest absolute Gasteiger partial charge is 0.244 e. The molecule has 1 aromatic rings. The number of sulfonamides is 1. The van der Waals surface area contributed by atoms with Gasteiger partial charge in [0, 0.05) is 32.4 Å². The van der Waals surface area contributed by atoms with Crippen LogP contribution < -0.4 is 0 Å². The zero-order valence-electron chi connectivity index (χ0n) is 16.8. The zero-order valence-corrected chi connectivity index (χ0v) is 20.0. The van der Waals surface area contributed by atoms with Crippen molar-refractivity contribution in [3.63, 3.8) is 0 Å². The third kappa shape index (κ3) is 4.08. The average molecular weight is 532 g/mol.